The predicted molar refractivity (Wildman–Crippen MR) is 162 cm³/mol. The van der Waals surface area contributed by atoms with E-state index in [0.29, 0.717) is 19.4 Å². The van der Waals surface area contributed by atoms with Gasteiger partial charge in [-0.05, 0) is 43.4 Å². The standard InChI is InChI=1S/C30H41N7O7/c31-14-8-7-13-23(29(43)35-18-26(39)33-17-25(38)34-19-27(40)41)36-30(44)24(16-21-11-5-2-6-12-21)37-28(42)22(32)15-20-9-3-1-4-10-20/h1-6,9-12,22-24H,7-8,13-19,31-32H2,(H,33,39)(H,34,38)(H,35,43)(H,36,44)(H,37,42)(H,40,41)/t22-,23-,24-/m0/s1. The molecule has 0 saturated carbocycles. The van der Waals surface area contributed by atoms with E-state index in [9.17, 15) is 28.8 Å². The lowest BCUT2D eigenvalue weighted by Gasteiger charge is -2.24. The molecule has 2 rings (SSSR count). The number of unbranched alkanes of at least 4 members (excludes halogenated alkanes) is 1. The highest BCUT2D eigenvalue weighted by Gasteiger charge is 2.28. The van der Waals surface area contributed by atoms with Crippen molar-refractivity contribution in [2.45, 2.75) is 50.2 Å². The minimum absolute atomic E-state index is 0.139. The van der Waals surface area contributed by atoms with Crippen LogP contribution in [0.15, 0.2) is 60.7 Å². The second kappa shape index (κ2) is 19.4. The first kappa shape index (κ1) is 35.4. The van der Waals surface area contributed by atoms with Crippen molar-refractivity contribution in [1.29, 1.82) is 0 Å². The van der Waals surface area contributed by atoms with Crippen LogP contribution in [-0.2, 0) is 41.6 Å². The Hall–Kier alpha value is -4.82. The quantitative estimate of drug-likeness (QED) is 0.0847. The minimum Gasteiger partial charge on any atom is -0.480 e. The monoisotopic (exact) mass is 611 g/mol. The summed E-state index contributed by atoms with van der Waals surface area (Å²) < 4.78 is 0. The maximum Gasteiger partial charge on any atom is 0.322 e. The Morgan fingerprint density at radius 2 is 1.16 bits per heavy atom. The number of carboxylic acid groups (broad SMARTS) is 1. The number of nitrogens with two attached hydrogens (primary N) is 2. The zero-order valence-electron chi connectivity index (χ0n) is 24.4. The lowest BCUT2D eigenvalue weighted by molar-refractivity contribution is -0.137. The third-order valence-electron chi connectivity index (χ3n) is 6.44. The summed E-state index contributed by atoms with van der Waals surface area (Å²) in [5.41, 5.74) is 13.4. The maximum absolute atomic E-state index is 13.5. The highest BCUT2D eigenvalue weighted by Crippen LogP contribution is 2.08. The molecule has 0 heterocycles. The molecule has 44 heavy (non-hydrogen) atoms. The van der Waals surface area contributed by atoms with E-state index in [4.69, 9.17) is 16.6 Å². The van der Waals surface area contributed by atoms with E-state index in [1.54, 1.807) is 12.1 Å². The second-order valence-electron chi connectivity index (χ2n) is 10.1. The fourth-order valence-electron chi connectivity index (χ4n) is 4.10. The van der Waals surface area contributed by atoms with E-state index in [1.165, 1.54) is 0 Å². The van der Waals surface area contributed by atoms with Crippen LogP contribution in [0.25, 0.3) is 0 Å². The molecule has 0 radical (unpaired) electrons. The average Bonchev–Trinajstić information content (AvgIpc) is 3.01. The molecule has 3 atom stereocenters. The van der Waals surface area contributed by atoms with Gasteiger partial charge in [0.2, 0.25) is 29.5 Å². The molecule has 2 aromatic carbocycles. The summed E-state index contributed by atoms with van der Waals surface area (Å²) >= 11 is 0. The average molecular weight is 612 g/mol. The number of benzene rings is 2. The van der Waals surface area contributed by atoms with Gasteiger partial charge in [-0.15, -0.1) is 0 Å². The van der Waals surface area contributed by atoms with Gasteiger partial charge < -0.3 is 43.2 Å². The van der Waals surface area contributed by atoms with Gasteiger partial charge in [0.05, 0.1) is 19.1 Å². The third-order valence-corrected chi connectivity index (χ3v) is 6.44. The molecule has 5 amide bonds. The molecule has 0 fully saturated rings. The molecule has 14 heteroatoms. The number of rotatable bonds is 19. The largest absolute Gasteiger partial charge is 0.480 e. The number of carbonyl (C=O) groups excluding carboxylic acids is 5. The van der Waals surface area contributed by atoms with Gasteiger partial charge in [-0.1, -0.05) is 60.7 Å². The Labute approximate surface area is 255 Å². The van der Waals surface area contributed by atoms with Crippen LogP contribution in [0.4, 0.5) is 0 Å². The summed E-state index contributed by atoms with van der Waals surface area (Å²) in [4.78, 5) is 73.8. The zero-order chi connectivity index (χ0) is 32.3. The number of amides is 5. The van der Waals surface area contributed by atoms with Gasteiger partial charge in [-0.3, -0.25) is 28.8 Å². The first-order chi connectivity index (χ1) is 21.1. The van der Waals surface area contributed by atoms with Gasteiger partial charge in [0.15, 0.2) is 0 Å². The van der Waals surface area contributed by atoms with E-state index in [-0.39, 0.29) is 19.3 Å². The molecule has 0 spiro atoms. The SMILES string of the molecule is NCCCC[C@H](NC(=O)[C@H](Cc1ccccc1)NC(=O)[C@@H](N)Cc1ccccc1)C(=O)NCC(=O)NCC(=O)NCC(=O)O. The van der Waals surface area contributed by atoms with Gasteiger partial charge in [0.1, 0.15) is 18.6 Å². The molecule has 2 aromatic rings. The number of carboxylic acids is 1. The van der Waals surface area contributed by atoms with Gasteiger partial charge in [0, 0.05) is 6.42 Å². The first-order valence-electron chi connectivity index (χ1n) is 14.3. The van der Waals surface area contributed by atoms with Gasteiger partial charge in [-0.25, -0.2) is 0 Å². The lowest BCUT2D eigenvalue weighted by atomic mass is 10.0. The maximum atomic E-state index is 13.5. The zero-order valence-corrected chi connectivity index (χ0v) is 24.4. The normalized spacial score (nSPS) is 12.6. The van der Waals surface area contributed by atoms with Gasteiger partial charge >= 0.3 is 5.97 Å². The summed E-state index contributed by atoms with van der Waals surface area (Å²) in [5, 5.41) is 20.8. The summed E-state index contributed by atoms with van der Waals surface area (Å²) in [6, 6.07) is 15.2. The molecular weight excluding hydrogens is 570 g/mol. The van der Waals surface area contributed by atoms with E-state index in [0.717, 1.165) is 11.1 Å². The van der Waals surface area contributed by atoms with E-state index in [1.807, 2.05) is 48.5 Å². The van der Waals surface area contributed by atoms with Crippen molar-refractivity contribution in [2.24, 2.45) is 11.5 Å². The molecule has 0 aliphatic carbocycles. The van der Waals surface area contributed by atoms with Crippen molar-refractivity contribution < 1.29 is 33.9 Å². The topological polar surface area (TPSA) is 235 Å². The van der Waals surface area contributed by atoms with Gasteiger partial charge in [-0.2, -0.15) is 0 Å². The van der Waals surface area contributed by atoms with Crippen LogP contribution in [0.5, 0.6) is 0 Å². The van der Waals surface area contributed by atoms with Crippen molar-refractivity contribution in [3.05, 3.63) is 71.8 Å². The Morgan fingerprint density at radius 3 is 1.73 bits per heavy atom. The van der Waals surface area contributed by atoms with Crippen LogP contribution in [0.2, 0.25) is 0 Å². The molecule has 0 aromatic heterocycles. The molecular formula is C30H41N7O7. The fraction of sp³-hybridized carbons (Fsp3) is 0.400. The van der Waals surface area contributed by atoms with E-state index < -0.39 is 73.3 Å². The van der Waals surface area contributed by atoms with Gasteiger partial charge in [0.25, 0.3) is 0 Å². The summed E-state index contributed by atoms with van der Waals surface area (Å²) in [5.74, 6) is -4.43. The van der Waals surface area contributed by atoms with Crippen LogP contribution in [0.1, 0.15) is 30.4 Å². The summed E-state index contributed by atoms with van der Waals surface area (Å²) in [6.45, 7) is -1.19. The molecule has 0 unspecified atom stereocenters. The molecule has 0 saturated heterocycles. The Bertz CT molecular complexity index is 1240. The van der Waals surface area contributed by atoms with Crippen LogP contribution >= 0.6 is 0 Å². The molecule has 238 valence electrons. The van der Waals surface area contributed by atoms with Crippen LogP contribution < -0.4 is 38.1 Å². The minimum atomic E-state index is -1.24. The Kier molecular flexibility index (Phi) is 15.6. The van der Waals surface area contributed by atoms with Crippen LogP contribution in [0.3, 0.4) is 0 Å². The number of hydrogen-bond donors (Lipinski definition) is 8. The van der Waals surface area contributed by atoms with Crippen molar-refractivity contribution in [3.8, 4) is 0 Å². The molecule has 0 aliphatic rings. The summed E-state index contributed by atoms with van der Waals surface area (Å²) in [6.07, 6.45) is 1.71. The van der Waals surface area contributed by atoms with Crippen LogP contribution in [0, 0.1) is 0 Å². The first-order valence-corrected chi connectivity index (χ1v) is 14.3. The molecule has 0 aliphatic heterocycles. The smallest absolute Gasteiger partial charge is 0.322 e. The molecule has 14 nitrogen and oxygen atoms in total. The number of aliphatic carboxylic acids is 1. The third kappa shape index (κ3) is 13.9. The van der Waals surface area contributed by atoms with Crippen molar-refractivity contribution in [2.75, 3.05) is 26.2 Å². The number of carbonyl (C=O) groups is 6. The Balaban J connectivity index is 2.06. The van der Waals surface area contributed by atoms with Crippen molar-refractivity contribution in [1.82, 2.24) is 26.6 Å². The van der Waals surface area contributed by atoms with Crippen molar-refractivity contribution in [3.63, 3.8) is 0 Å². The molecule has 10 N–H and O–H groups in total. The van der Waals surface area contributed by atoms with Crippen LogP contribution in [-0.4, -0.2) is 84.9 Å². The number of hydrogen-bond acceptors (Lipinski definition) is 8. The summed E-state index contributed by atoms with van der Waals surface area (Å²) in [7, 11) is 0. The lowest BCUT2D eigenvalue weighted by Crippen LogP contribution is -2.57. The predicted octanol–water partition coefficient (Wildman–Crippen LogP) is -1.67. The highest BCUT2D eigenvalue weighted by molar-refractivity contribution is 5.94. The van der Waals surface area contributed by atoms with E-state index >= 15 is 0 Å². The molecule has 0 bridgehead atoms. The number of nitrogens with one attached hydrogen (secondary N) is 5. The fourth-order valence-corrected chi connectivity index (χ4v) is 4.10. The second-order valence-corrected chi connectivity index (χ2v) is 10.1. The Morgan fingerprint density at radius 1 is 0.636 bits per heavy atom. The van der Waals surface area contributed by atoms with E-state index in [2.05, 4.69) is 26.6 Å². The highest BCUT2D eigenvalue weighted by atomic mass is 16.4. The van der Waals surface area contributed by atoms with Crippen molar-refractivity contribution >= 4 is 35.5 Å².